The molecule has 0 aliphatic heterocycles. The largest absolute Gasteiger partial charge is 0.387 e. The highest BCUT2D eigenvalue weighted by Gasteiger charge is 2.27. The van der Waals surface area contributed by atoms with Gasteiger partial charge < -0.3 is 19.1 Å². The number of aliphatic hydroxyl groups is 1. The van der Waals surface area contributed by atoms with E-state index in [-0.39, 0.29) is 5.82 Å². The molecular formula is C18H22FN3O2. The fraction of sp³-hybridized carbons (Fsp3) is 0.389. The van der Waals surface area contributed by atoms with Crippen molar-refractivity contribution in [2.75, 3.05) is 20.6 Å². The van der Waals surface area contributed by atoms with Crippen molar-refractivity contribution in [3.05, 3.63) is 41.0 Å². The van der Waals surface area contributed by atoms with Gasteiger partial charge in [0, 0.05) is 30.1 Å². The Labute approximate surface area is 140 Å². The molecular weight excluding hydrogens is 309 g/mol. The standard InChI is InChI=1S/C18H22FN3O2/c1-10-16(11(2)24-20-10)18-17(15(23)9-21(3)4)13-8-12(19)6-7-14(13)22(18)5/h6-8,15,23H,9H2,1-5H3. The Bertz CT molecular complexity index is 876. The number of fused-ring (bicyclic) bond motifs is 1. The van der Waals surface area contributed by atoms with E-state index in [0.717, 1.165) is 22.5 Å². The van der Waals surface area contributed by atoms with E-state index in [1.165, 1.54) is 12.1 Å². The number of rotatable bonds is 4. The zero-order chi connectivity index (χ0) is 17.6. The monoisotopic (exact) mass is 331 g/mol. The number of halogens is 1. The summed E-state index contributed by atoms with van der Waals surface area (Å²) in [5.41, 5.74) is 3.98. The molecule has 5 nitrogen and oxygen atoms in total. The molecule has 1 N–H and O–H groups in total. The van der Waals surface area contributed by atoms with Crippen LogP contribution in [-0.4, -0.2) is 40.4 Å². The predicted molar refractivity (Wildman–Crippen MR) is 91.4 cm³/mol. The summed E-state index contributed by atoms with van der Waals surface area (Å²) in [6.07, 6.45) is -0.755. The molecule has 24 heavy (non-hydrogen) atoms. The van der Waals surface area contributed by atoms with Crippen molar-refractivity contribution in [2.45, 2.75) is 20.0 Å². The van der Waals surface area contributed by atoms with Gasteiger partial charge in [-0.25, -0.2) is 4.39 Å². The third-order valence-corrected chi connectivity index (χ3v) is 4.34. The van der Waals surface area contributed by atoms with Crippen LogP contribution >= 0.6 is 0 Å². The Hall–Kier alpha value is -2.18. The SMILES string of the molecule is Cc1noc(C)c1-c1c(C(O)CN(C)C)c2cc(F)ccc2n1C. The lowest BCUT2D eigenvalue weighted by Crippen LogP contribution is -2.20. The summed E-state index contributed by atoms with van der Waals surface area (Å²) in [5, 5.41) is 15.6. The van der Waals surface area contributed by atoms with E-state index in [1.807, 2.05) is 44.5 Å². The van der Waals surface area contributed by atoms with Crippen LogP contribution in [0.4, 0.5) is 4.39 Å². The molecule has 0 saturated carbocycles. The number of likely N-dealkylation sites (N-methyl/N-ethyl adjacent to an activating group) is 1. The van der Waals surface area contributed by atoms with E-state index >= 15 is 0 Å². The van der Waals surface area contributed by atoms with Gasteiger partial charge in [0.15, 0.2) is 0 Å². The molecule has 1 unspecified atom stereocenters. The van der Waals surface area contributed by atoms with Gasteiger partial charge in [0.05, 0.1) is 23.1 Å². The summed E-state index contributed by atoms with van der Waals surface area (Å²) in [5.74, 6) is 0.355. The summed E-state index contributed by atoms with van der Waals surface area (Å²) in [4.78, 5) is 1.90. The van der Waals surface area contributed by atoms with Crippen LogP contribution in [0, 0.1) is 19.7 Å². The summed E-state index contributed by atoms with van der Waals surface area (Å²) in [6.45, 7) is 4.15. The molecule has 0 saturated heterocycles. The van der Waals surface area contributed by atoms with Crippen molar-refractivity contribution in [3.8, 4) is 11.3 Å². The van der Waals surface area contributed by atoms with Gasteiger partial charge in [-0.3, -0.25) is 0 Å². The van der Waals surface area contributed by atoms with Gasteiger partial charge in [0.2, 0.25) is 0 Å². The van der Waals surface area contributed by atoms with Crippen molar-refractivity contribution in [3.63, 3.8) is 0 Å². The number of aryl methyl sites for hydroxylation is 3. The first-order valence-electron chi connectivity index (χ1n) is 7.85. The number of nitrogens with zero attached hydrogens (tertiary/aromatic N) is 3. The Morgan fingerprint density at radius 2 is 2.04 bits per heavy atom. The van der Waals surface area contributed by atoms with Crippen LogP contribution in [0.2, 0.25) is 0 Å². The Morgan fingerprint density at radius 1 is 1.33 bits per heavy atom. The molecule has 1 atom stereocenters. The molecule has 3 aromatic rings. The molecule has 3 rings (SSSR count). The van der Waals surface area contributed by atoms with Gasteiger partial charge in [0.1, 0.15) is 11.6 Å². The fourth-order valence-electron chi connectivity index (χ4n) is 3.34. The first-order chi connectivity index (χ1) is 11.3. The second-order valence-corrected chi connectivity index (χ2v) is 6.46. The summed E-state index contributed by atoms with van der Waals surface area (Å²) >= 11 is 0. The van der Waals surface area contributed by atoms with Crippen molar-refractivity contribution in [1.82, 2.24) is 14.6 Å². The molecule has 0 bridgehead atoms. The lowest BCUT2D eigenvalue weighted by atomic mass is 9.99. The van der Waals surface area contributed by atoms with Gasteiger partial charge >= 0.3 is 0 Å². The van der Waals surface area contributed by atoms with E-state index in [4.69, 9.17) is 4.52 Å². The minimum Gasteiger partial charge on any atom is -0.387 e. The predicted octanol–water partition coefficient (Wildman–Crippen LogP) is 3.18. The molecule has 2 heterocycles. The minimum absolute atomic E-state index is 0.322. The van der Waals surface area contributed by atoms with Crippen LogP contribution in [-0.2, 0) is 7.05 Å². The molecule has 1 aromatic carbocycles. The van der Waals surface area contributed by atoms with Crippen molar-refractivity contribution < 1.29 is 14.0 Å². The average molecular weight is 331 g/mol. The fourth-order valence-corrected chi connectivity index (χ4v) is 3.34. The zero-order valence-electron chi connectivity index (χ0n) is 14.6. The summed E-state index contributed by atoms with van der Waals surface area (Å²) in [6, 6.07) is 4.64. The lowest BCUT2D eigenvalue weighted by molar-refractivity contribution is 0.140. The number of hydrogen-bond acceptors (Lipinski definition) is 4. The highest BCUT2D eigenvalue weighted by atomic mass is 19.1. The third-order valence-electron chi connectivity index (χ3n) is 4.34. The minimum atomic E-state index is -0.755. The molecule has 2 aromatic heterocycles. The second-order valence-electron chi connectivity index (χ2n) is 6.46. The highest BCUT2D eigenvalue weighted by molar-refractivity contribution is 5.93. The lowest BCUT2D eigenvalue weighted by Gasteiger charge is -2.18. The maximum Gasteiger partial charge on any atom is 0.143 e. The van der Waals surface area contributed by atoms with Gasteiger partial charge in [-0.1, -0.05) is 5.16 Å². The van der Waals surface area contributed by atoms with E-state index in [0.29, 0.717) is 23.3 Å². The van der Waals surface area contributed by atoms with Gasteiger partial charge in [-0.2, -0.15) is 0 Å². The van der Waals surface area contributed by atoms with Gasteiger partial charge in [-0.15, -0.1) is 0 Å². The van der Waals surface area contributed by atoms with Crippen LogP contribution in [0.5, 0.6) is 0 Å². The maximum atomic E-state index is 13.9. The van der Waals surface area contributed by atoms with Crippen molar-refractivity contribution >= 4 is 10.9 Å². The van der Waals surface area contributed by atoms with Crippen LogP contribution in [0.15, 0.2) is 22.7 Å². The molecule has 0 aliphatic carbocycles. The second kappa shape index (κ2) is 6.03. The number of aliphatic hydroxyl groups excluding tert-OH is 1. The Morgan fingerprint density at radius 3 is 2.62 bits per heavy atom. The smallest absolute Gasteiger partial charge is 0.143 e. The van der Waals surface area contributed by atoms with Gasteiger partial charge in [0.25, 0.3) is 0 Å². The quantitative estimate of drug-likeness (QED) is 0.798. The molecule has 6 heteroatoms. The molecule has 0 amide bonds. The molecule has 0 aliphatic rings. The van der Waals surface area contributed by atoms with Crippen LogP contribution in [0.3, 0.4) is 0 Å². The zero-order valence-corrected chi connectivity index (χ0v) is 14.6. The first-order valence-corrected chi connectivity index (χ1v) is 7.85. The number of aromatic nitrogens is 2. The van der Waals surface area contributed by atoms with Crippen LogP contribution < -0.4 is 0 Å². The average Bonchev–Trinajstić information content (AvgIpc) is 2.95. The number of hydrogen-bond donors (Lipinski definition) is 1. The normalized spacial score (nSPS) is 13.2. The van der Waals surface area contributed by atoms with Gasteiger partial charge in [-0.05, 0) is 46.1 Å². The highest BCUT2D eigenvalue weighted by Crippen LogP contribution is 2.40. The van der Waals surface area contributed by atoms with E-state index in [9.17, 15) is 9.50 Å². The Balaban J connectivity index is 2.37. The van der Waals surface area contributed by atoms with Crippen molar-refractivity contribution in [2.24, 2.45) is 7.05 Å². The van der Waals surface area contributed by atoms with E-state index in [2.05, 4.69) is 5.16 Å². The molecule has 0 fully saturated rings. The summed E-state index contributed by atoms with van der Waals surface area (Å²) in [7, 11) is 5.70. The van der Waals surface area contributed by atoms with Crippen LogP contribution in [0.25, 0.3) is 22.2 Å². The third kappa shape index (κ3) is 2.61. The summed E-state index contributed by atoms with van der Waals surface area (Å²) < 4.78 is 21.1. The van der Waals surface area contributed by atoms with Crippen LogP contribution in [0.1, 0.15) is 23.1 Å². The maximum absolute atomic E-state index is 13.9. The van der Waals surface area contributed by atoms with E-state index < -0.39 is 6.10 Å². The van der Waals surface area contributed by atoms with Crippen molar-refractivity contribution in [1.29, 1.82) is 0 Å². The topological polar surface area (TPSA) is 54.4 Å². The molecule has 0 radical (unpaired) electrons. The first kappa shape index (κ1) is 16.7. The number of benzene rings is 1. The molecule has 0 spiro atoms. The molecule has 128 valence electrons. The van der Waals surface area contributed by atoms with E-state index in [1.54, 1.807) is 6.07 Å². The Kier molecular flexibility index (Phi) is 4.19.